The highest BCUT2D eigenvalue weighted by Crippen LogP contribution is 2.51. The summed E-state index contributed by atoms with van der Waals surface area (Å²) in [4.78, 5) is 27.4. The monoisotopic (exact) mass is 440 g/mol. The molecule has 0 amide bonds. The summed E-state index contributed by atoms with van der Waals surface area (Å²) in [5.41, 5.74) is -0.820. The summed E-state index contributed by atoms with van der Waals surface area (Å²) in [5.74, 6) is -0.228. The van der Waals surface area contributed by atoms with Crippen molar-refractivity contribution < 1.29 is 18.9 Å². The lowest BCUT2D eigenvalue weighted by molar-refractivity contribution is -0.385. The Kier molecular flexibility index (Phi) is 6.02. The Labute approximate surface area is 160 Å². The van der Waals surface area contributed by atoms with Gasteiger partial charge in [-0.2, -0.15) is 0 Å². The van der Waals surface area contributed by atoms with Crippen LogP contribution < -0.4 is 9.96 Å². The zero-order valence-corrected chi connectivity index (χ0v) is 15.7. The van der Waals surface area contributed by atoms with Gasteiger partial charge in [0.05, 0.1) is 16.0 Å². The van der Waals surface area contributed by atoms with Crippen molar-refractivity contribution in [2.75, 3.05) is 6.16 Å². The maximum atomic E-state index is 13.2. The lowest BCUT2D eigenvalue weighted by Gasteiger charge is -2.21. The summed E-state index contributed by atoms with van der Waals surface area (Å²) in [7, 11) is -3.97. The molecule has 0 radical (unpaired) electrons. The van der Waals surface area contributed by atoms with Crippen LogP contribution in [0.2, 0.25) is 0 Å². The molecule has 0 aromatic carbocycles. The molecule has 1 atom stereocenters. The van der Waals surface area contributed by atoms with E-state index >= 15 is 0 Å². The largest absolute Gasteiger partial charge is 0.420 e. The molecular formula is C12H8Cl3N4O6P. The molecule has 2 aromatic heterocycles. The first-order chi connectivity index (χ1) is 12.0. The molecule has 2 rings (SSSR count). The fraction of sp³-hybridized carbons (Fsp3) is 0.167. The summed E-state index contributed by atoms with van der Waals surface area (Å²) in [6.07, 6.45) is 1.18. The van der Waals surface area contributed by atoms with Crippen LogP contribution in [-0.4, -0.2) is 29.8 Å². The Morgan fingerprint density at radius 2 is 1.54 bits per heavy atom. The third kappa shape index (κ3) is 5.25. The molecular weight excluding hydrogens is 433 g/mol. The van der Waals surface area contributed by atoms with Crippen molar-refractivity contribution in [2.45, 2.75) is 3.79 Å². The number of pyridine rings is 2. The molecule has 0 bridgehead atoms. The number of halogens is 3. The molecule has 0 aliphatic heterocycles. The van der Waals surface area contributed by atoms with E-state index in [-0.39, 0.29) is 22.7 Å². The van der Waals surface area contributed by atoms with E-state index in [0.29, 0.717) is 0 Å². The summed E-state index contributed by atoms with van der Waals surface area (Å²) in [6, 6.07) is 4.39. The smallest absolute Gasteiger partial charge is 0.300 e. The van der Waals surface area contributed by atoms with Crippen LogP contribution >= 0.6 is 42.2 Å². The van der Waals surface area contributed by atoms with Crippen molar-refractivity contribution >= 4 is 59.0 Å². The minimum atomic E-state index is -3.97. The lowest BCUT2D eigenvalue weighted by Crippen LogP contribution is -2.23. The Hall–Kier alpha value is -2.00. The summed E-state index contributed by atoms with van der Waals surface area (Å²) in [5, 5.41) is 21.4. The molecule has 0 fully saturated rings. The normalized spacial score (nSPS) is 13.7. The van der Waals surface area contributed by atoms with Crippen LogP contribution in [0, 0.1) is 20.2 Å². The van der Waals surface area contributed by atoms with Crippen LogP contribution in [0.25, 0.3) is 0 Å². The molecule has 10 nitrogen and oxygen atoms in total. The van der Waals surface area contributed by atoms with Gasteiger partial charge in [0.25, 0.3) is 11.4 Å². The first kappa shape index (κ1) is 20.3. The van der Waals surface area contributed by atoms with Crippen LogP contribution in [0.5, 0.6) is 5.88 Å². The number of alkyl halides is 3. The molecule has 0 N–H and O–H groups in total. The predicted octanol–water partition coefficient (Wildman–Crippen LogP) is 3.65. The zero-order chi connectivity index (χ0) is 19.5. The van der Waals surface area contributed by atoms with E-state index in [1.165, 1.54) is 0 Å². The van der Waals surface area contributed by atoms with E-state index in [2.05, 4.69) is 9.97 Å². The number of aromatic nitrogens is 2. The number of nitro groups is 2. The fourth-order valence-corrected chi connectivity index (χ4v) is 4.92. The van der Waals surface area contributed by atoms with Crippen molar-refractivity contribution in [1.29, 1.82) is 0 Å². The van der Waals surface area contributed by atoms with Crippen LogP contribution in [0.15, 0.2) is 36.7 Å². The average Bonchev–Trinajstić information content (AvgIpc) is 2.53. The van der Waals surface area contributed by atoms with Gasteiger partial charge in [0, 0.05) is 18.2 Å². The number of nitrogens with zero attached hydrogens (tertiary/aromatic N) is 4. The molecule has 2 aromatic rings. The van der Waals surface area contributed by atoms with Gasteiger partial charge < -0.3 is 4.52 Å². The topological polar surface area (TPSA) is 138 Å². The van der Waals surface area contributed by atoms with Crippen molar-refractivity contribution in [3.63, 3.8) is 0 Å². The highest BCUT2D eigenvalue weighted by atomic mass is 35.6. The molecule has 26 heavy (non-hydrogen) atoms. The third-order valence-corrected chi connectivity index (χ3v) is 6.15. The van der Waals surface area contributed by atoms with Gasteiger partial charge in [0.1, 0.15) is 17.8 Å². The Bertz CT molecular complexity index is 872. The highest BCUT2D eigenvalue weighted by Gasteiger charge is 2.39. The van der Waals surface area contributed by atoms with Crippen molar-refractivity contribution in [3.05, 3.63) is 56.9 Å². The van der Waals surface area contributed by atoms with Gasteiger partial charge in [0.15, 0.2) is 0 Å². The quantitative estimate of drug-likeness (QED) is 0.286. The van der Waals surface area contributed by atoms with E-state index in [1.807, 2.05) is 0 Å². The van der Waals surface area contributed by atoms with E-state index in [0.717, 1.165) is 36.7 Å². The van der Waals surface area contributed by atoms with Gasteiger partial charge in [-0.15, -0.1) is 0 Å². The van der Waals surface area contributed by atoms with E-state index in [4.69, 9.17) is 39.3 Å². The van der Waals surface area contributed by atoms with Gasteiger partial charge in [-0.05, 0) is 6.07 Å². The standard InChI is InChI=1S/C12H8Cl3N4O6P/c13-12(14,15)7-26(24,11-4-2-9(6-17-11)19(22)23)25-10-3-1-8(5-16-10)18(20)21/h1-6H,7H2. The van der Waals surface area contributed by atoms with Gasteiger partial charge in [-0.3, -0.25) is 24.8 Å². The number of rotatable bonds is 6. The number of hydrogen-bond acceptors (Lipinski definition) is 8. The van der Waals surface area contributed by atoms with E-state index < -0.39 is 27.2 Å². The van der Waals surface area contributed by atoms with Crippen LogP contribution in [0.3, 0.4) is 0 Å². The third-order valence-electron chi connectivity index (χ3n) is 2.85. The average molecular weight is 442 g/mol. The zero-order valence-electron chi connectivity index (χ0n) is 12.5. The molecule has 0 saturated heterocycles. The molecule has 1 unspecified atom stereocenters. The van der Waals surface area contributed by atoms with Crippen molar-refractivity contribution in [3.8, 4) is 5.88 Å². The van der Waals surface area contributed by atoms with Gasteiger partial charge >= 0.3 is 7.37 Å². The van der Waals surface area contributed by atoms with Crippen LogP contribution in [-0.2, 0) is 4.57 Å². The number of hydrogen-bond donors (Lipinski definition) is 0. The fourth-order valence-electron chi connectivity index (χ4n) is 1.77. The van der Waals surface area contributed by atoms with Crippen LogP contribution in [0.1, 0.15) is 0 Å². The summed E-state index contributed by atoms with van der Waals surface area (Å²) < 4.78 is 16.6. The summed E-state index contributed by atoms with van der Waals surface area (Å²) >= 11 is 17.1. The van der Waals surface area contributed by atoms with Crippen molar-refractivity contribution in [1.82, 2.24) is 9.97 Å². The minimum Gasteiger partial charge on any atom is -0.420 e. The second-order valence-electron chi connectivity index (χ2n) is 4.78. The minimum absolute atomic E-state index is 0.186. The Balaban J connectivity index is 2.39. The van der Waals surface area contributed by atoms with Gasteiger partial charge in [-0.25, -0.2) is 9.97 Å². The Morgan fingerprint density at radius 1 is 1.00 bits per heavy atom. The summed E-state index contributed by atoms with van der Waals surface area (Å²) in [6.45, 7) is 0. The first-order valence-electron chi connectivity index (χ1n) is 6.57. The van der Waals surface area contributed by atoms with Crippen LogP contribution in [0.4, 0.5) is 11.4 Å². The molecule has 14 heteroatoms. The maximum absolute atomic E-state index is 13.2. The molecule has 0 spiro atoms. The SMILES string of the molecule is O=[N+]([O-])c1ccc(OP(=O)(CC(Cl)(Cl)Cl)c2ccc([N+](=O)[O-])cn2)nc1. The van der Waals surface area contributed by atoms with Gasteiger partial charge in [0.2, 0.25) is 9.67 Å². The molecule has 0 aliphatic carbocycles. The first-order valence-corrected chi connectivity index (χ1v) is 9.51. The highest BCUT2D eigenvalue weighted by molar-refractivity contribution is 7.67. The van der Waals surface area contributed by atoms with E-state index in [1.54, 1.807) is 0 Å². The second-order valence-corrected chi connectivity index (χ2v) is 9.60. The van der Waals surface area contributed by atoms with Gasteiger partial charge in [-0.1, -0.05) is 34.8 Å². The maximum Gasteiger partial charge on any atom is 0.300 e. The molecule has 0 saturated carbocycles. The lowest BCUT2D eigenvalue weighted by atomic mass is 10.4. The molecule has 138 valence electrons. The predicted molar refractivity (Wildman–Crippen MR) is 94.8 cm³/mol. The molecule has 0 aliphatic rings. The van der Waals surface area contributed by atoms with Crippen molar-refractivity contribution in [2.24, 2.45) is 0 Å². The Morgan fingerprint density at radius 3 is 1.92 bits per heavy atom. The van der Waals surface area contributed by atoms with E-state index in [9.17, 15) is 24.8 Å². The second kappa shape index (κ2) is 7.71. The molecule has 2 heterocycles.